The molecule has 3 rings (SSSR count). The van der Waals surface area contributed by atoms with Gasteiger partial charge in [-0.3, -0.25) is 4.90 Å². The Bertz CT molecular complexity index is 535. The first-order valence-electron chi connectivity index (χ1n) is 6.99. The molecule has 1 aromatic carbocycles. The van der Waals surface area contributed by atoms with Crippen LogP contribution in [0, 0.1) is 0 Å². The van der Waals surface area contributed by atoms with E-state index in [1.54, 1.807) is 0 Å². The minimum absolute atomic E-state index is 0.261. The Morgan fingerprint density at radius 3 is 3.11 bits per heavy atom. The maximum absolute atomic E-state index is 9.17. The van der Waals surface area contributed by atoms with Crippen molar-refractivity contribution in [2.45, 2.75) is 19.0 Å². The second-order valence-electron chi connectivity index (χ2n) is 5.20. The van der Waals surface area contributed by atoms with Gasteiger partial charge in [0.15, 0.2) is 0 Å². The van der Waals surface area contributed by atoms with Crippen molar-refractivity contribution in [1.82, 2.24) is 15.2 Å². The lowest BCUT2D eigenvalue weighted by Gasteiger charge is -2.35. The molecule has 1 aromatic heterocycles. The number of fused-ring (bicyclic) bond motifs is 1. The number of hydrogen-bond acceptors (Lipinski definition) is 3. The Morgan fingerprint density at radius 1 is 1.32 bits per heavy atom. The van der Waals surface area contributed by atoms with Crippen molar-refractivity contribution in [2.24, 2.45) is 0 Å². The van der Waals surface area contributed by atoms with Crippen LogP contribution in [0.3, 0.4) is 0 Å². The van der Waals surface area contributed by atoms with Crippen LogP contribution in [0.1, 0.15) is 12.0 Å². The first kappa shape index (κ1) is 12.7. The van der Waals surface area contributed by atoms with E-state index in [2.05, 4.69) is 45.7 Å². The number of aromatic amines is 1. The topological polar surface area (TPSA) is 51.3 Å². The maximum Gasteiger partial charge on any atom is 0.0457 e. The van der Waals surface area contributed by atoms with Gasteiger partial charge < -0.3 is 15.4 Å². The molecule has 0 spiro atoms. The smallest absolute Gasteiger partial charge is 0.0457 e. The number of H-pyrrole nitrogens is 1. The summed E-state index contributed by atoms with van der Waals surface area (Å²) in [5, 5.41) is 13.9. The van der Waals surface area contributed by atoms with Crippen molar-refractivity contribution >= 4 is 10.9 Å². The van der Waals surface area contributed by atoms with E-state index in [1.165, 1.54) is 16.5 Å². The van der Waals surface area contributed by atoms with Crippen LogP contribution < -0.4 is 5.32 Å². The first-order chi connectivity index (χ1) is 9.38. The zero-order valence-corrected chi connectivity index (χ0v) is 11.1. The van der Waals surface area contributed by atoms with Crippen molar-refractivity contribution in [2.75, 3.05) is 26.2 Å². The van der Waals surface area contributed by atoms with Crippen LogP contribution in [0.5, 0.6) is 0 Å². The fraction of sp³-hybridized carbons (Fsp3) is 0.467. The summed E-state index contributed by atoms with van der Waals surface area (Å²) in [6.07, 6.45) is 2.96. The third kappa shape index (κ3) is 2.66. The van der Waals surface area contributed by atoms with Crippen LogP contribution in [0.25, 0.3) is 10.9 Å². The highest BCUT2D eigenvalue weighted by Gasteiger charge is 2.22. The first-order valence-corrected chi connectivity index (χ1v) is 6.99. The number of hydrogen-bond donors (Lipinski definition) is 3. The average Bonchev–Trinajstić information content (AvgIpc) is 2.85. The molecule has 3 N–H and O–H groups in total. The lowest BCUT2D eigenvalue weighted by Crippen LogP contribution is -2.51. The lowest BCUT2D eigenvalue weighted by atomic mass is 10.1. The molecule has 0 bridgehead atoms. The molecule has 1 aliphatic heterocycles. The van der Waals surface area contributed by atoms with Crippen LogP contribution in [-0.4, -0.2) is 47.3 Å². The molecule has 0 amide bonds. The number of benzene rings is 1. The highest BCUT2D eigenvalue weighted by molar-refractivity contribution is 5.82. The van der Waals surface area contributed by atoms with Crippen LogP contribution in [0.15, 0.2) is 30.5 Å². The summed E-state index contributed by atoms with van der Waals surface area (Å²) in [7, 11) is 0. The SMILES string of the molecule is OCCC1CNCCN1Cc1c[nH]c2ccccc12. The van der Waals surface area contributed by atoms with E-state index >= 15 is 0 Å². The molecule has 1 unspecified atom stereocenters. The van der Waals surface area contributed by atoms with E-state index in [-0.39, 0.29) is 6.61 Å². The van der Waals surface area contributed by atoms with Gasteiger partial charge >= 0.3 is 0 Å². The summed E-state index contributed by atoms with van der Waals surface area (Å²) in [5.41, 5.74) is 2.55. The van der Waals surface area contributed by atoms with Gasteiger partial charge in [-0.25, -0.2) is 0 Å². The molecule has 1 atom stereocenters. The predicted octanol–water partition coefficient (Wildman–Crippen LogP) is 1.32. The summed E-state index contributed by atoms with van der Waals surface area (Å²) in [4.78, 5) is 5.81. The van der Waals surface area contributed by atoms with Crippen LogP contribution in [-0.2, 0) is 6.54 Å². The van der Waals surface area contributed by atoms with Gasteiger partial charge in [-0.2, -0.15) is 0 Å². The standard InChI is InChI=1S/C15H21N3O/c19-8-5-13-10-16-6-7-18(13)11-12-9-17-15-4-2-1-3-14(12)15/h1-4,9,13,16-17,19H,5-8,10-11H2. The number of para-hydroxylation sites is 1. The van der Waals surface area contributed by atoms with Crippen molar-refractivity contribution in [3.05, 3.63) is 36.0 Å². The summed E-state index contributed by atoms with van der Waals surface area (Å²) < 4.78 is 0. The van der Waals surface area contributed by atoms with Crippen molar-refractivity contribution in [3.8, 4) is 0 Å². The molecule has 0 radical (unpaired) electrons. The molecule has 4 nitrogen and oxygen atoms in total. The number of rotatable bonds is 4. The van der Waals surface area contributed by atoms with E-state index in [0.29, 0.717) is 6.04 Å². The molecule has 102 valence electrons. The summed E-state index contributed by atoms with van der Waals surface area (Å²) in [6, 6.07) is 8.86. The summed E-state index contributed by atoms with van der Waals surface area (Å²) in [6.45, 7) is 4.27. The summed E-state index contributed by atoms with van der Waals surface area (Å²) in [5.74, 6) is 0. The normalized spacial score (nSPS) is 21.0. The predicted molar refractivity (Wildman–Crippen MR) is 77.1 cm³/mol. The molecule has 2 aromatic rings. The highest BCUT2D eigenvalue weighted by Crippen LogP contribution is 2.21. The van der Waals surface area contributed by atoms with Gasteiger partial charge in [0.2, 0.25) is 0 Å². The number of aliphatic hydroxyl groups excluding tert-OH is 1. The monoisotopic (exact) mass is 259 g/mol. The molecular weight excluding hydrogens is 238 g/mol. The van der Waals surface area contributed by atoms with Gasteiger partial charge in [0, 0.05) is 55.9 Å². The average molecular weight is 259 g/mol. The third-order valence-corrected chi connectivity index (χ3v) is 3.98. The van der Waals surface area contributed by atoms with Crippen molar-refractivity contribution < 1.29 is 5.11 Å². The van der Waals surface area contributed by atoms with Gasteiger partial charge in [-0.05, 0) is 18.1 Å². The molecule has 1 fully saturated rings. The molecule has 0 saturated carbocycles. The van der Waals surface area contributed by atoms with E-state index in [4.69, 9.17) is 0 Å². The van der Waals surface area contributed by atoms with Crippen LogP contribution in [0.2, 0.25) is 0 Å². The Balaban J connectivity index is 1.79. The Labute approximate surface area is 113 Å². The van der Waals surface area contributed by atoms with Crippen LogP contribution in [0.4, 0.5) is 0 Å². The van der Waals surface area contributed by atoms with E-state index in [9.17, 15) is 5.11 Å². The number of aliphatic hydroxyl groups is 1. The zero-order valence-electron chi connectivity index (χ0n) is 11.1. The van der Waals surface area contributed by atoms with E-state index < -0.39 is 0 Å². The van der Waals surface area contributed by atoms with Gasteiger partial charge in [-0.1, -0.05) is 18.2 Å². The van der Waals surface area contributed by atoms with E-state index in [0.717, 1.165) is 32.6 Å². The fourth-order valence-corrected chi connectivity index (χ4v) is 2.93. The zero-order chi connectivity index (χ0) is 13.1. The quantitative estimate of drug-likeness (QED) is 0.776. The molecule has 19 heavy (non-hydrogen) atoms. The fourth-order valence-electron chi connectivity index (χ4n) is 2.93. The molecule has 4 heteroatoms. The minimum atomic E-state index is 0.261. The minimum Gasteiger partial charge on any atom is -0.396 e. The largest absolute Gasteiger partial charge is 0.396 e. The van der Waals surface area contributed by atoms with Gasteiger partial charge in [0.05, 0.1) is 0 Å². The van der Waals surface area contributed by atoms with Gasteiger partial charge in [0.1, 0.15) is 0 Å². The number of nitrogens with zero attached hydrogens (tertiary/aromatic N) is 1. The van der Waals surface area contributed by atoms with Gasteiger partial charge in [-0.15, -0.1) is 0 Å². The molecular formula is C15H21N3O. The van der Waals surface area contributed by atoms with Crippen molar-refractivity contribution in [1.29, 1.82) is 0 Å². The Kier molecular flexibility index (Phi) is 3.82. The van der Waals surface area contributed by atoms with Crippen LogP contribution >= 0.6 is 0 Å². The number of piperazine rings is 1. The van der Waals surface area contributed by atoms with Gasteiger partial charge in [0.25, 0.3) is 0 Å². The second kappa shape index (κ2) is 5.74. The number of nitrogens with one attached hydrogen (secondary N) is 2. The molecule has 1 saturated heterocycles. The van der Waals surface area contributed by atoms with E-state index in [1.807, 2.05) is 0 Å². The summed E-state index contributed by atoms with van der Waals surface area (Å²) >= 11 is 0. The number of aromatic nitrogens is 1. The second-order valence-corrected chi connectivity index (χ2v) is 5.20. The van der Waals surface area contributed by atoms with Crippen molar-refractivity contribution in [3.63, 3.8) is 0 Å². The molecule has 0 aliphatic carbocycles. The molecule has 2 heterocycles. The maximum atomic E-state index is 9.17. The Morgan fingerprint density at radius 2 is 2.21 bits per heavy atom. The highest BCUT2D eigenvalue weighted by atomic mass is 16.3. The molecule has 1 aliphatic rings. The lowest BCUT2D eigenvalue weighted by molar-refractivity contribution is 0.124. The third-order valence-electron chi connectivity index (χ3n) is 3.98. The Hall–Kier alpha value is -1.36.